The van der Waals surface area contributed by atoms with E-state index in [1.165, 1.54) is 12.2 Å². The lowest BCUT2D eigenvalue weighted by atomic mass is 9.79. The highest BCUT2D eigenvalue weighted by atomic mass is 16.5. The number of carbonyl (C=O) groups excluding carboxylic acids is 4. The van der Waals surface area contributed by atoms with E-state index in [1.807, 2.05) is 0 Å². The van der Waals surface area contributed by atoms with Crippen molar-refractivity contribution in [1.82, 2.24) is 0 Å². The first-order valence-corrected chi connectivity index (χ1v) is 7.11. The van der Waals surface area contributed by atoms with Crippen molar-refractivity contribution in [2.75, 3.05) is 26.3 Å². The molecule has 8 nitrogen and oxygen atoms in total. The Bertz CT molecular complexity index is 436. The normalized spacial score (nSPS) is 20.2. The fraction of sp³-hybridized carbons (Fsp3) is 0.714. The van der Waals surface area contributed by atoms with Crippen molar-refractivity contribution >= 4 is 24.1 Å². The lowest BCUT2D eigenvalue weighted by Gasteiger charge is -2.28. The van der Waals surface area contributed by atoms with Crippen LogP contribution in [0.5, 0.6) is 0 Å². The number of carbonyl (C=O) groups is 2. The van der Waals surface area contributed by atoms with Gasteiger partial charge in [-0.1, -0.05) is 12.8 Å². The van der Waals surface area contributed by atoms with Crippen LogP contribution in [0.25, 0.3) is 0 Å². The molecule has 0 aromatic carbocycles. The molecule has 0 radical (unpaired) electrons. The van der Waals surface area contributed by atoms with Crippen molar-refractivity contribution in [1.29, 1.82) is 0 Å². The van der Waals surface area contributed by atoms with E-state index in [0.29, 0.717) is 12.8 Å². The summed E-state index contributed by atoms with van der Waals surface area (Å²) in [5, 5.41) is 0. The number of esters is 2. The van der Waals surface area contributed by atoms with E-state index in [9.17, 15) is 19.2 Å². The first-order valence-electron chi connectivity index (χ1n) is 7.11. The van der Waals surface area contributed by atoms with Crippen LogP contribution in [0, 0.1) is 11.8 Å². The third kappa shape index (κ3) is 5.99. The van der Waals surface area contributed by atoms with Crippen LogP contribution in [0.4, 0.5) is 0 Å². The Morgan fingerprint density at radius 2 is 1.27 bits per heavy atom. The van der Waals surface area contributed by atoms with E-state index in [4.69, 9.17) is 9.47 Å². The van der Waals surface area contributed by atoms with Gasteiger partial charge in [-0.15, -0.1) is 0 Å². The third-order valence-electron chi connectivity index (χ3n) is 3.40. The van der Waals surface area contributed by atoms with Crippen LogP contribution in [0.15, 0.2) is 9.98 Å². The number of rotatable bonds is 8. The maximum absolute atomic E-state index is 12.0. The van der Waals surface area contributed by atoms with Crippen LogP contribution >= 0.6 is 0 Å². The summed E-state index contributed by atoms with van der Waals surface area (Å²) < 4.78 is 10.0. The van der Waals surface area contributed by atoms with E-state index in [0.717, 1.165) is 12.8 Å². The molecule has 2 atom stereocenters. The van der Waals surface area contributed by atoms with Crippen molar-refractivity contribution in [2.24, 2.45) is 21.8 Å². The van der Waals surface area contributed by atoms with Crippen molar-refractivity contribution < 1.29 is 28.7 Å². The molecule has 1 aliphatic carbocycles. The molecule has 0 aromatic rings. The molecule has 1 fully saturated rings. The van der Waals surface area contributed by atoms with Crippen molar-refractivity contribution in [3.05, 3.63) is 0 Å². The van der Waals surface area contributed by atoms with E-state index >= 15 is 0 Å². The smallest absolute Gasteiger partial charge is 0.309 e. The SMILES string of the molecule is O=C=NCCOC(=O)C1CCCCC1C(=O)OCCN=C=O. The number of aliphatic imine (C=N–C) groups is 2. The predicted molar refractivity (Wildman–Crippen MR) is 73.3 cm³/mol. The van der Waals surface area contributed by atoms with Crippen molar-refractivity contribution in [2.45, 2.75) is 25.7 Å². The molecule has 0 bridgehead atoms. The minimum absolute atomic E-state index is 0.0135. The minimum Gasteiger partial charge on any atom is -0.463 e. The Morgan fingerprint density at radius 1 is 0.864 bits per heavy atom. The van der Waals surface area contributed by atoms with Gasteiger partial charge in [0.05, 0.1) is 24.9 Å². The highest BCUT2D eigenvalue weighted by Crippen LogP contribution is 2.32. The molecule has 0 saturated heterocycles. The third-order valence-corrected chi connectivity index (χ3v) is 3.40. The summed E-state index contributed by atoms with van der Waals surface area (Å²) in [5.41, 5.74) is 0. The molecule has 0 spiro atoms. The summed E-state index contributed by atoms with van der Waals surface area (Å²) in [4.78, 5) is 50.4. The standard InChI is InChI=1S/C14H18N2O6/c17-9-15-5-7-21-13(19)11-3-1-2-4-12(11)14(20)22-8-6-16-10-18/h11-12H,1-8H2. The number of nitrogens with zero attached hydrogens (tertiary/aromatic N) is 2. The van der Waals surface area contributed by atoms with Crippen molar-refractivity contribution in [3.63, 3.8) is 0 Å². The Morgan fingerprint density at radius 3 is 1.64 bits per heavy atom. The van der Waals surface area contributed by atoms with Gasteiger partial charge in [0.1, 0.15) is 13.2 Å². The molecule has 1 aliphatic rings. The van der Waals surface area contributed by atoms with Gasteiger partial charge in [0.2, 0.25) is 12.2 Å². The van der Waals surface area contributed by atoms with E-state index in [1.54, 1.807) is 0 Å². The Balaban J connectivity index is 2.50. The lowest BCUT2D eigenvalue weighted by Crippen LogP contribution is -2.35. The highest BCUT2D eigenvalue weighted by molar-refractivity contribution is 5.82. The van der Waals surface area contributed by atoms with Gasteiger partial charge in [-0.25, -0.2) is 19.6 Å². The van der Waals surface area contributed by atoms with Gasteiger partial charge in [0, 0.05) is 0 Å². The molecule has 22 heavy (non-hydrogen) atoms. The van der Waals surface area contributed by atoms with Crippen LogP contribution in [0.1, 0.15) is 25.7 Å². The fourth-order valence-corrected chi connectivity index (χ4v) is 2.38. The van der Waals surface area contributed by atoms with Gasteiger partial charge in [-0.05, 0) is 12.8 Å². The second-order valence-corrected chi connectivity index (χ2v) is 4.78. The first-order chi connectivity index (χ1) is 10.7. The first kappa shape index (κ1) is 17.8. The summed E-state index contributed by atoms with van der Waals surface area (Å²) >= 11 is 0. The zero-order valence-electron chi connectivity index (χ0n) is 12.2. The van der Waals surface area contributed by atoms with Gasteiger partial charge < -0.3 is 9.47 Å². The minimum atomic E-state index is -0.545. The summed E-state index contributed by atoms with van der Waals surface area (Å²) in [6.07, 6.45) is 5.50. The lowest BCUT2D eigenvalue weighted by molar-refractivity contribution is -0.162. The van der Waals surface area contributed by atoms with Crippen LogP contribution in [0.2, 0.25) is 0 Å². The van der Waals surface area contributed by atoms with E-state index in [2.05, 4.69) is 9.98 Å². The molecule has 0 amide bonds. The fourth-order valence-electron chi connectivity index (χ4n) is 2.38. The van der Waals surface area contributed by atoms with Gasteiger partial charge in [-0.2, -0.15) is 0 Å². The number of hydrogen-bond donors (Lipinski definition) is 0. The monoisotopic (exact) mass is 310 g/mol. The molecule has 0 aromatic heterocycles. The molecule has 0 aliphatic heterocycles. The van der Waals surface area contributed by atoms with Crippen LogP contribution < -0.4 is 0 Å². The Kier molecular flexibility index (Phi) is 8.42. The molecule has 2 unspecified atom stereocenters. The molecular weight excluding hydrogens is 292 g/mol. The van der Waals surface area contributed by atoms with Crippen molar-refractivity contribution in [3.8, 4) is 0 Å². The largest absolute Gasteiger partial charge is 0.463 e. The molecule has 8 heteroatoms. The maximum Gasteiger partial charge on any atom is 0.309 e. The van der Waals surface area contributed by atoms with E-state index in [-0.39, 0.29) is 26.3 Å². The van der Waals surface area contributed by atoms with Crippen LogP contribution in [-0.2, 0) is 28.7 Å². The van der Waals surface area contributed by atoms with Crippen LogP contribution in [-0.4, -0.2) is 50.4 Å². The van der Waals surface area contributed by atoms with Gasteiger partial charge in [-0.3, -0.25) is 9.59 Å². The van der Waals surface area contributed by atoms with E-state index < -0.39 is 23.8 Å². The zero-order chi connectivity index (χ0) is 16.2. The topological polar surface area (TPSA) is 111 Å². The molecule has 1 saturated carbocycles. The van der Waals surface area contributed by atoms with Gasteiger partial charge >= 0.3 is 11.9 Å². The second kappa shape index (κ2) is 10.4. The molecular formula is C14H18N2O6. The number of hydrogen-bond acceptors (Lipinski definition) is 8. The highest BCUT2D eigenvalue weighted by Gasteiger charge is 2.37. The summed E-state index contributed by atoms with van der Waals surface area (Å²) in [6.45, 7) is 0.0856. The molecule has 0 N–H and O–H groups in total. The number of isocyanates is 2. The number of ether oxygens (including phenoxy) is 2. The van der Waals surface area contributed by atoms with Crippen LogP contribution in [0.3, 0.4) is 0 Å². The average Bonchev–Trinajstić information content (AvgIpc) is 2.55. The average molecular weight is 310 g/mol. The predicted octanol–water partition coefficient (Wildman–Crippen LogP) is 0.551. The van der Waals surface area contributed by atoms with Gasteiger partial charge in [0.25, 0.3) is 0 Å². The Hall–Kier alpha value is -2.30. The summed E-state index contributed by atoms with van der Waals surface area (Å²) in [7, 11) is 0. The second-order valence-electron chi connectivity index (χ2n) is 4.78. The van der Waals surface area contributed by atoms with Gasteiger partial charge in [0.15, 0.2) is 0 Å². The summed E-state index contributed by atoms with van der Waals surface area (Å²) in [6, 6.07) is 0. The molecule has 120 valence electrons. The molecule has 1 rings (SSSR count). The molecule has 0 heterocycles. The zero-order valence-corrected chi connectivity index (χ0v) is 12.2. The maximum atomic E-state index is 12.0. The summed E-state index contributed by atoms with van der Waals surface area (Å²) in [5.74, 6) is -2.05. The quantitative estimate of drug-likeness (QED) is 0.280. The Labute approximate surface area is 127 Å².